The lowest BCUT2D eigenvalue weighted by molar-refractivity contribution is -0.147. The molecular formula is C15H28N2O2. The molecule has 19 heavy (non-hydrogen) atoms. The molecule has 110 valence electrons. The zero-order valence-corrected chi connectivity index (χ0v) is 12.7. The van der Waals surface area contributed by atoms with Gasteiger partial charge >= 0.3 is 5.97 Å². The fraction of sp³-hybridized carbons (Fsp3) is 0.933. The molecule has 1 aliphatic heterocycles. The molecule has 1 saturated carbocycles. The minimum Gasteiger partial charge on any atom is -0.468 e. The van der Waals surface area contributed by atoms with Gasteiger partial charge < -0.3 is 10.5 Å². The van der Waals surface area contributed by atoms with Gasteiger partial charge in [0.1, 0.15) is 5.54 Å². The number of carbonyl (C=O) groups excluding carboxylic acids is 1. The van der Waals surface area contributed by atoms with Crippen LogP contribution in [-0.4, -0.2) is 42.1 Å². The Kier molecular flexibility index (Phi) is 4.21. The Morgan fingerprint density at radius 2 is 2.05 bits per heavy atom. The van der Waals surface area contributed by atoms with E-state index in [1.54, 1.807) is 0 Å². The largest absolute Gasteiger partial charge is 0.468 e. The minimum atomic E-state index is -0.761. The molecule has 5 unspecified atom stereocenters. The maximum absolute atomic E-state index is 11.8. The van der Waals surface area contributed by atoms with Crippen LogP contribution in [0.4, 0.5) is 0 Å². The number of ether oxygens (including phenoxy) is 1. The van der Waals surface area contributed by atoms with Crippen LogP contribution in [0.15, 0.2) is 0 Å². The number of hydrogen-bond acceptors (Lipinski definition) is 4. The first-order chi connectivity index (χ1) is 8.87. The topological polar surface area (TPSA) is 55.6 Å². The number of rotatable bonds is 2. The van der Waals surface area contributed by atoms with Crippen molar-refractivity contribution in [2.45, 2.75) is 64.1 Å². The molecule has 2 aliphatic rings. The second-order valence-corrected chi connectivity index (χ2v) is 6.80. The van der Waals surface area contributed by atoms with Crippen molar-refractivity contribution in [3.8, 4) is 0 Å². The van der Waals surface area contributed by atoms with Gasteiger partial charge in [-0.25, -0.2) is 0 Å². The number of hydrogen-bond donors (Lipinski definition) is 1. The summed E-state index contributed by atoms with van der Waals surface area (Å²) in [5.41, 5.74) is 5.46. The van der Waals surface area contributed by atoms with Gasteiger partial charge in [0.15, 0.2) is 0 Å². The fourth-order valence-corrected chi connectivity index (χ4v) is 3.96. The maximum atomic E-state index is 11.8. The van der Waals surface area contributed by atoms with Crippen LogP contribution < -0.4 is 5.73 Å². The van der Waals surface area contributed by atoms with Gasteiger partial charge in [0.25, 0.3) is 0 Å². The van der Waals surface area contributed by atoms with Crippen molar-refractivity contribution in [2.24, 2.45) is 17.6 Å². The lowest BCUT2D eigenvalue weighted by atomic mass is 9.84. The highest BCUT2D eigenvalue weighted by atomic mass is 16.5. The number of likely N-dealkylation sites (tertiary alicyclic amines) is 1. The van der Waals surface area contributed by atoms with Crippen LogP contribution in [0.25, 0.3) is 0 Å². The summed E-state index contributed by atoms with van der Waals surface area (Å²) in [5, 5.41) is 0. The van der Waals surface area contributed by atoms with Gasteiger partial charge in [-0.3, -0.25) is 9.69 Å². The van der Waals surface area contributed by atoms with Gasteiger partial charge in [-0.05, 0) is 44.4 Å². The minimum absolute atomic E-state index is 0.249. The molecule has 1 aliphatic carbocycles. The highest BCUT2D eigenvalue weighted by Gasteiger charge is 2.46. The molecule has 0 radical (unpaired) electrons. The van der Waals surface area contributed by atoms with Crippen molar-refractivity contribution in [1.29, 1.82) is 0 Å². The SMILES string of the molecule is COC(=O)C1(N)CCC(N2CC(C)CC(C)C2C)C1. The van der Waals surface area contributed by atoms with E-state index < -0.39 is 5.54 Å². The highest BCUT2D eigenvalue weighted by Crippen LogP contribution is 2.37. The van der Waals surface area contributed by atoms with E-state index in [4.69, 9.17) is 10.5 Å². The van der Waals surface area contributed by atoms with E-state index in [-0.39, 0.29) is 5.97 Å². The van der Waals surface area contributed by atoms with Crippen molar-refractivity contribution >= 4 is 5.97 Å². The van der Waals surface area contributed by atoms with Gasteiger partial charge in [-0.2, -0.15) is 0 Å². The Morgan fingerprint density at radius 1 is 1.37 bits per heavy atom. The number of nitrogens with two attached hydrogens (primary N) is 1. The molecule has 2 rings (SSSR count). The third kappa shape index (κ3) is 2.79. The molecule has 0 aromatic carbocycles. The van der Waals surface area contributed by atoms with E-state index in [0.717, 1.165) is 37.6 Å². The molecule has 0 aromatic rings. The summed E-state index contributed by atoms with van der Waals surface area (Å²) in [7, 11) is 1.43. The van der Waals surface area contributed by atoms with Crippen LogP contribution in [0.1, 0.15) is 46.5 Å². The molecule has 0 spiro atoms. The third-order valence-electron chi connectivity index (χ3n) is 5.23. The molecule has 0 bridgehead atoms. The van der Waals surface area contributed by atoms with E-state index in [1.807, 2.05) is 0 Å². The Morgan fingerprint density at radius 3 is 2.68 bits per heavy atom. The van der Waals surface area contributed by atoms with E-state index in [1.165, 1.54) is 13.5 Å². The molecule has 0 amide bonds. The molecule has 0 aromatic heterocycles. The molecule has 1 heterocycles. The lowest BCUT2D eigenvalue weighted by Crippen LogP contribution is -2.52. The summed E-state index contributed by atoms with van der Waals surface area (Å²) >= 11 is 0. The monoisotopic (exact) mass is 268 g/mol. The van der Waals surface area contributed by atoms with Crippen LogP contribution in [0.5, 0.6) is 0 Å². The van der Waals surface area contributed by atoms with Crippen molar-refractivity contribution in [2.75, 3.05) is 13.7 Å². The van der Waals surface area contributed by atoms with Crippen LogP contribution >= 0.6 is 0 Å². The zero-order chi connectivity index (χ0) is 14.2. The lowest BCUT2D eigenvalue weighted by Gasteiger charge is -2.44. The smallest absolute Gasteiger partial charge is 0.325 e. The van der Waals surface area contributed by atoms with Gasteiger partial charge in [-0.1, -0.05) is 13.8 Å². The predicted molar refractivity (Wildman–Crippen MR) is 75.7 cm³/mol. The molecule has 1 saturated heterocycles. The molecule has 2 fully saturated rings. The van der Waals surface area contributed by atoms with Crippen LogP contribution in [-0.2, 0) is 9.53 Å². The average Bonchev–Trinajstić information content (AvgIpc) is 2.76. The van der Waals surface area contributed by atoms with Gasteiger partial charge in [0.2, 0.25) is 0 Å². The number of piperidine rings is 1. The van der Waals surface area contributed by atoms with Gasteiger partial charge in [-0.15, -0.1) is 0 Å². The first-order valence-electron chi connectivity index (χ1n) is 7.50. The fourth-order valence-electron chi connectivity index (χ4n) is 3.96. The average molecular weight is 268 g/mol. The van der Waals surface area contributed by atoms with Crippen molar-refractivity contribution in [3.05, 3.63) is 0 Å². The normalized spacial score (nSPS) is 44.3. The van der Waals surface area contributed by atoms with Crippen LogP contribution in [0.2, 0.25) is 0 Å². The Bertz CT molecular complexity index is 347. The summed E-state index contributed by atoms with van der Waals surface area (Å²) in [6.07, 6.45) is 3.80. The van der Waals surface area contributed by atoms with Crippen LogP contribution in [0.3, 0.4) is 0 Å². The third-order valence-corrected chi connectivity index (χ3v) is 5.23. The number of esters is 1. The van der Waals surface area contributed by atoms with Crippen molar-refractivity contribution in [3.63, 3.8) is 0 Å². The molecule has 5 atom stereocenters. The first kappa shape index (κ1) is 14.8. The van der Waals surface area contributed by atoms with Gasteiger partial charge in [0.05, 0.1) is 7.11 Å². The van der Waals surface area contributed by atoms with E-state index in [0.29, 0.717) is 12.1 Å². The number of methoxy groups -OCH3 is 1. The Labute approximate surface area is 116 Å². The number of nitrogens with zero attached hydrogens (tertiary/aromatic N) is 1. The number of carbonyl (C=O) groups is 1. The van der Waals surface area contributed by atoms with E-state index >= 15 is 0 Å². The molecule has 4 heteroatoms. The van der Waals surface area contributed by atoms with Crippen molar-refractivity contribution < 1.29 is 9.53 Å². The Balaban J connectivity index is 2.05. The van der Waals surface area contributed by atoms with E-state index in [2.05, 4.69) is 25.7 Å². The highest BCUT2D eigenvalue weighted by molar-refractivity contribution is 5.81. The summed E-state index contributed by atoms with van der Waals surface area (Å²) in [6.45, 7) is 8.09. The first-order valence-corrected chi connectivity index (χ1v) is 7.50. The summed E-state index contributed by atoms with van der Waals surface area (Å²) in [6, 6.07) is 1.02. The maximum Gasteiger partial charge on any atom is 0.325 e. The predicted octanol–water partition coefficient (Wildman–Crippen LogP) is 1.78. The summed E-state index contributed by atoms with van der Waals surface area (Å²) < 4.78 is 4.86. The van der Waals surface area contributed by atoms with Crippen molar-refractivity contribution in [1.82, 2.24) is 4.90 Å². The summed E-state index contributed by atoms with van der Waals surface area (Å²) in [4.78, 5) is 14.4. The quantitative estimate of drug-likeness (QED) is 0.776. The second-order valence-electron chi connectivity index (χ2n) is 6.80. The standard InChI is InChI=1S/C15H28N2O2/c1-10-7-11(2)12(3)17(9-10)13-5-6-15(16,8-13)14(18)19-4/h10-13H,5-9,16H2,1-4H3. The Hall–Kier alpha value is -0.610. The molecular weight excluding hydrogens is 240 g/mol. The van der Waals surface area contributed by atoms with Crippen LogP contribution in [0, 0.1) is 11.8 Å². The molecule has 2 N–H and O–H groups in total. The zero-order valence-electron chi connectivity index (χ0n) is 12.7. The summed E-state index contributed by atoms with van der Waals surface area (Å²) in [5.74, 6) is 1.20. The van der Waals surface area contributed by atoms with E-state index in [9.17, 15) is 4.79 Å². The van der Waals surface area contributed by atoms with Gasteiger partial charge in [0, 0.05) is 18.6 Å². The second kappa shape index (κ2) is 5.41. The molecule has 4 nitrogen and oxygen atoms in total.